The number of carbonyl (C=O) groups is 2. The molecule has 1 aromatic heterocycles. The minimum Gasteiger partial charge on any atom is -0.394 e. The third-order valence-electron chi connectivity index (χ3n) is 5.83. The largest absolute Gasteiger partial charge is 0.394 e. The number of para-hydroxylation sites is 1. The Bertz CT molecular complexity index is 930. The van der Waals surface area contributed by atoms with E-state index in [0.29, 0.717) is 18.7 Å². The first-order valence-corrected chi connectivity index (χ1v) is 10.9. The molecule has 4 rings (SSSR count). The molecule has 2 aliphatic heterocycles. The molecular weight excluding hydrogens is 408 g/mol. The zero-order chi connectivity index (χ0) is 22.3. The van der Waals surface area contributed by atoms with Gasteiger partial charge in [0.2, 0.25) is 5.91 Å². The van der Waals surface area contributed by atoms with Crippen LogP contribution in [0.5, 0.6) is 0 Å². The number of aliphatic hydroxyl groups excluding tert-OH is 1. The molecule has 8 nitrogen and oxygen atoms in total. The van der Waals surface area contributed by atoms with Gasteiger partial charge in [-0.1, -0.05) is 30.4 Å². The topological polar surface area (TPSA) is 95.0 Å². The Morgan fingerprint density at radius 3 is 2.44 bits per heavy atom. The lowest BCUT2D eigenvalue weighted by molar-refractivity contribution is -0.135. The molecule has 2 aliphatic rings. The number of benzene rings is 1. The summed E-state index contributed by atoms with van der Waals surface area (Å²) in [6, 6.07) is 13.0. The quantitative estimate of drug-likeness (QED) is 0.662. The maximum Gasteiger partial charge on any atom is 0.251 e. The van der Waals surface area contributed by atoms with Gasteiger partial charge in [-0.05, 0) is 24.3 Å². The van der Waals surface area contributed by atoms with Crippen LogP contribution >= 0.6 is 0 Å². The maximum absolute atomic E-state index is 12.8. The minimum absolute atomic E-state index is 0.0309. The highest BCUT2D eigenvalue weighted by molar-refractivity contribution is 5.94. The van der Waals surface area contributed by atoms with Gasteiger partial charge in [-0.2, -0.15) is 0 Å². The summed E-state index contributed by atoms with van der Waals surface area (Å²) >= 11 is 0. The number of aromatic nitrogens is 1. The molecule has 8 heteroatoms. The summed E-state index contributed by atoms with van der Waals surface area (Å²) in [7, 11) is 0. The summed E-state index contributed by atoms with van der Waals surface area (Å²) in [4.78, 5) is 33.2. The molecule has 1 saturated heterocycles. The molecule has 0 saturated carbocycles. The van der Waals surface area contributed by atoms with E-state index in [4.69, 9.17) is 4.74 Å². The zero-order valence-electron chi connectivity index (χ0n) is 17.8. The van der Waals surface area contributed by atoms with E-state index in [9.17, 15) is 14.7 Å². The van der Waals surface area contributed by atoms with Crippen LogP contribution in [0.2, 0.25) is 0 Å². The Morgan fingerprint density at radius 1 is 1.03 bits per heavy atom. The van der Waals surface area contributed by atoms with Crippen LogP contribution in [-0.2, 0) is 9.53 Å². The maximum atomic E-state index is 12.8. The lowest BCUT2D eigenvalue weighted by atomic mass is 10.0. The molecule has 1 fully saturated rings. The Kier molecular flexibility index (Phi) is 7.14. The number of pyridine rings is 1. The molecule has 0 spiro atoms. The number of ether oxygens (including phenoxy) is 1. The Balaban J connectivity index is 1.29. The van der Waals surface area contributed by atoms with Gasteiger partial charge in [0.05, 0.1) is 25.2 Å². The van der Waals surface area contributed by atoms with E-state index in [2.05, 4.69) is 27.3 Å². The zero-order valence-corrected chi connectivity index (χ0v) is 17.8. The number of nitrogens with one attached hydrogen (secondary N) is 1. The fourth-order valence-electron chi connectivity index (χ4n) is 4.03. The van der Waals surface area contributed by atoms with Crippen LogP contribution in [0, 0.1) is 0 Å². The predicted molar refractivity (Wildman–Crippen MR) is 120 cm³/mol. The molecule has 2 aromatic rings. The van der Waals surface area contributed by atoms with Crippen LogP contribution in [0.1, 0.15) is 16.8 Å². The number of hydrogen-bond acceptors (Lipinski definition) is 6. The van der Waals surface area contributed by atoms with E-state index in [1.165, 1.54) is 5.69 Å². The SMILES string of the molecule is O=C(N[C@@H]1C=C[C@H](CC(=O)N2CCN(c3ccccc3)CC2)O[C@H]1CO)c1ccncc1. The van der Waals surface area contributed by atoms with Gasteiger partial charge in [0, 0.05) is 49.8 Å². The van der Waals surface area contributed by atoms with E-state index < -0.39 is 18.2 Å². The normalized spacial score (nSPS) is 23.1. The van der Waals surface area contributed by atoms with Crippen LogP contribution in [0.15, 0.2) is 67.0 Å². The molecule has 0 radical (unpaired) electrons. The van der Waals surface area contributed by atoms with E-state index in [1.54, 1.807) is 36.7 Å². The van der Waals surface area contributed by atoms with Gasteiger partial charge in [-0.15, -0.1) is 0 Å². The minimum atomic E-state index is -0.612. The number of aliphatic hydroxyl groups is 1. The van der Waals surface area contributed by atoms with Crippen molar-refractivity contribution in [3.8, 4) is 0 Å². The van der Waals surface area contributed by atoms with Crippen molar-refractivity contribution >= 4 is 17.5 Å². The lowest BCUT2D eigenvalue weighted by Crippen LogP contribution is -2.51. The summed E-state index contributed by atoms with van der Waals surface area (Å²) in [6.07, 6.45) is 5.86. The van der Waals surface area contributed by atoms with Crippen LogP contribution < -0.4 is 10.2 Å². The summed E-state index contributed by atoms with van der Waals surface area (Å²) in [5.74, 6) is -0.238. The molecule has 0 aliphatic carbocycles. The molecule has 3 atom stereocenters. The van der Waals surface area contributed by atoms with Gasteiger partial charge in [-0.25, -0.2) is 0 Å². The number of hydrogen-bond donors (Lipinski definition) is 2. The van der Waals surface area contributed by atoms with Crippen LogP contribution in [-0.4, -0.2) is 77.8 Å². The van der Waals surface area contributed by atoms with Crippen molar-refractivity contribution in [1.29, 1.82) is 0 Å². The molecule has 32 heavy (non-hydrogen) atoms. The number of carbonyl (C=O) groups excluding carboxylic acids is 2. The first-order valence-electron chi connectivity index (χ1n) is 10.9. The van der Waals surface area contributed by atoms with Gasteiger partial charge < -0.3 is 25.0 Å². The van der Waals surface area contributed by atoms with Gasteiger partial charge in [0.1, 0.15) is 6.10 Å². The molecule has 2 amide bonds. The summed E-state index contributed by atoms with van der Waals surface area (Å²) < 4.78 is 5.92. The average Bonchev–Trinajstić information content (AvgIpc) is 2.86. The smallest absolute Gasteiger partial charge is 0.251 e. The number of anilines is 1. The fourth-order valence-corrected chi connectivity index (χ4v) is 4.03. The standard InChI is InChI=1S/C24H28N4O4/c29-17-22-21(26-24(31)18-8-10-25-11-9-18)7-6-20(32-22)16-23(30)28-14-12-27(13-15-28)19-4-2-1-3-5-19/h1-11,20-22,29H,12-17H2,(H,26,31)/t20-,21-,22+/m1/s1. The highest BCUT2D eigenvalue weighted by Crippen LogP contribution is 2.19. The molecule has 0 bridgehead atoms. The lowest BCUT2D eigenvalue weighted by Gasteiger charge is -2.37. The fraction of sp³-hybridized carbons (Fsp3) is 0.375. The van der Waals surface area contributed by atoms with Crippen molar-refractivity contribution in [3.63, 3.8) is 0 Å². The molecule has 0 unspecified atom stereocenters. The van der Waals surface area contributed by atoms with Crippen LogP contribution in [0.25, 0.3) is 0 Å². The molecule has 2 N–H and O–H groups in total. The summed E-state index contributed by atoms with van der Waals surface area (Å²) in [5.41, 5.74) is 1.65. The second kappa shape index (κ2) is 10.4. The number of amides is 2. The van der Waals surface area contributed by atoms with Gasteiger partial charge in [0.25, 0.3) is 5.91 Å². The highest BCUT2D eigenvalue weighted by Gasteiger charge is 2.31. The average molecular weight is 437 g/mol. The van der Waals surface area contributed by atoms with Gasteiger partial charge in [-0.3, -0.25) is 14.6 Å². The molecule has 168 valence electrons. The van der Waals surface area contributed by atoms with Crippen molar-refractivity contribution in [2.75, 3.05) is 37.7 Å². The van der Waals surface area contributed by atoms with E-state index in [1.807, 2.05) is 23.1 Å². The van der Waals surface area contributed by atoms with Crippen molar-refractivity contribution in [2.45, 2.75) is 24.7 Å². The third-order valence-corrected chi connectivity index (χ3v) is 5.83. The monoisotopic (exact) mass is 436 g/mol. The first kappa shape index (κ1) is 22.0. The van der Waals surface area contributed by atoms with E-state index >= 15 is 0 Å². The molecular formula is C24H28N4O4. The van der Waals surface area contributed by atoms with Crippen molar-refractivity contribution in [3.05, 3.63) is 72.6 Å². The Hall–Kier alpha value is -3.23. The van der Waals surface area contributed by atoms with Crippen LogP contribution in [0.3, 0.4) is 0 Å². The van der Waals surface area contributed by atoms with Gasteiger partial charge in [0.15, 0.2) is 0 Å². The van der Waals surface area contributed by atoms with Crippen LogP contribution in [0.4, 0.5) is 5.69 Å². The predicted octanol–water partition coefficient (Wildman–Crippen LogP) is 1.23. The van der Waals surface area contributed by atoms with Crippen molar-refractivity contribution in [2.24, 2.45) is 0 Å². The van der Waals surface area contributed by atoms with Crippen molar-refractivity contribution < 1.29 is 19.4 Å². The first-order chi connectivity index (χ1) is 15.6. The van der Waals surface area contributed by atoms with Crippen molar-refractivity contribution in [1.82, 2.24) is 15.2 Å². The Labute approximate surface area is 187 Å². The van der Waals surface area contributed by atoms with Gasteiger partial charge >= 0.3 is 0 Å². The second-order valence-corrected chi connectivity index (χ2v) is 7.92. The number of piperazine rings is 1. The summed E-state index contributed by atoms with van der Waals surface area (Å²) in [6.45, 7) is 2.65. The van der Waals surface area contributed by atoms with E-state index in [0.717, 1.165) is 13.1 Å². The summed E-state index contributed by atoms with van der Waals surface area (Å²) in [5, 5.41) is 12.6. The van der Waals surface area contributed by atoms with E-state index in [-0.39, 0.29) is 24.8 Å². The number of nitrogens with zero attached hydrogens (tertiary/aromatic N) is 3. The highest BCUT2D eigenvalue weighted by atomic mass is 16.5. The number of rotatable bonds is 6. The Morgan fingerprint density at radius 2 is 1.75 bits per heavy atom. The second-order valence-electron chi connectivity index (χ2n) is 7.92. The third kappa shape index (κ3) is 5.33. The molecule has 1 aromatic carbocycles. The molecule has 3 heterocycles.